The highest BCUT2D eigenvalue weighted by atomic mass is 35.5. The molecule has 0 saturated heterocycles. The van der Waals surface area contributed by atoms with E-state index in [-0.39, 0.29) is 10.6 Å². The maximum absolute atomic E-state index is 5.69. The molecule has 88 valence electrons. The number of halogens is 2. The molecule has 0 radical (unpaired) electrons. The molecule has 17 heavy (non-hydrogen) atoms. The van der Waals surface area contributed by atoms with E-state index in [0.717, 1.165) is 11.3 Å². The van der Waals surface area contributed by atoms with Gasteiger partial charge in [-0.15, -0.1) is 0 Å². The minimum absolute atomic E-state index is 0.0669. The van der Waals surface area contributed by atoms with Gasteiger partial charge in [-0.05, 0) is 48.7 Å². The molecule has 0 atom stereocenters. The normalized spacial score (nSPS) is 10.4. The van der Waals surface area contributed by atoms with Crippen LogP contribution in [0.2, 0.25) is 10.6 Å². The van der Waals surface area contributed by atoms with Gasteiger partial charge in [-0.1, -0.05) is 17.7 Å². The summed E-state index contributed by atoms with van der Waals surface area (Å²) in [5.41, 5.74) is 3.20. The highest BCUT2D eigenvalue weighted by Crippen LogP contribution is 2.20. The summed E-state index contributed by atoms with van der Waals surface area (Å²) >= 11 is 11.4. The van der Waals surface area contributed by atoms with E-state index in [9.17, 15) is 0 Å². The molecule has 1 heterocycles. The molecule has 1 N–H and O–H groups in total. The van der Waals surface area contributed by atoms with Gasteiger partial charge >= 0.3 is 0 Å². The third-order valence-electron chi connectivity index (χ3n) is 2.21. The van der Waals surface area contributed by atoms with E-state index in [4.69, 9.17) is 23.2 Å². The second kappa shape index (κ2) is 4.85. The first-order chi connectivity index (χ1) is 8.04. The van der Waals surface area contributed by atoms with Crippen LogP contribution in [0, 0.1) is 13.8 Å². The number of rotatable bonds is 2. The summed E-state index contributed by atoms with van der Waals surface area (Å²) in [5.74, 6) is 0.335. The molecular formula is C11H10Cl2N4. The van der Waals surface area contributed by atoms with Gasteiger partial charge in [-0.2, -0.15) is 15.0 Å². The maximum Gasteiger partial charge on any atom is 0.232 e. The number of hydrogen-bond acceptors (Lipinski definition) is 4. The van der Waals surface area contributed by atoms with Crippen molar-refractivity contribution < 1.29 is 0 Å². The summed E-state index contributed by atoms with van der Waals surface area (Å²) < 4.78 is 0. The van der Waals surface area contributed by atoms with Gasteiger partial charge in [-0.3, -0.25) is 0 Å². The minimum atomic E-state index is 0.0669. The number of hydrogen-bond donors (Lipinski definition) is 1. The Morgan fingerprint density at radius 1 is 1.00 bits per heavy atom. The molecule has 0 aliphatic heterocycles. The average molecular weight is 269 g/mol. The Morgan fingerprint density at radius 2 is 1.65 bits per heavy atom. The van der Waals surface area contributed by atoms with Gasteiger partial charge in [0, 0.05) is 5.69 Å². The molecule has 6 heteroatoms. The Kier molecular flexibility index (Phi) is 3.45. The molecule has 0 bridgehead atoms. The zero-order chi connectivity index (χ0) is 12.4. The fourth-order valence-corrected chi connectivity index (χ4v) is 1.82. The van der Waals surface area contributed by atoms with Crippen LogP contribution < -0.4 is 5.32 Å². The van der Waals surface area contributed by atoms with Crippen LogP contribution in [0.3, 0.4) is 0 Å². The lowest BCUT2D eigenvalue weighted by Gasteiger charge is -2.08. The number of nitrogens with one attached hydrogen (secondary N) is 1. The van der Waals surface area contributed by atoms with Gasteiger partial charge in [0.05, 0.1) is 0 Å². The predicted molar refractivity (Wildman–Crippen MR) is 69.0 cm³/mol. The SMILES string of the molecule is Cc1ccc(Nc2nc(Cl)nc(Cl)n2)c(C)c1. The Hall–Kier alpha value is -1.39. The molecule has 4 nitrogen and oxygen atoms in total. The maximum atomic E-state index is 5.69. The standard InChI is InChI=1S/C11H10Cl2N4/c1-6-3-4-8(7(2)5-6)14-11-16-9(12)15-10(13)17-11/h3-5H,1-2H3,(H,14,15,16,17). The number of aryl methyl sites for hydroxylation is 2. The topological polar surface area (TPSA) is 50.7 Å². The minimum Gasteiger partial charge on any atom is -0.324 e. The molecular weight excluding hydrogens is 259 g/mol. The van der Waals surface area contributed by atoms with Gasteiger partial charge < -0.3 is 5.32 Å². The molecule has 0 unspecified atom stereocenters. The van der Waals surface area contributed by atoms with Crippen molar-refractivity contribution in [2.45, 2.75) is 13.8 Å². The molecule has 2 aromatic rings. The lowest BCUT2D eigenvalue weighted by atomic mass is 10.1. The van der Waals surface area contributed by atoms with E-state index in [1.165, 1.54) is 5.56 Å². The summed E-state index contributed by atoms with van der Waals surface area (Å²) in [5, 5.41) is 3.18. The van der Waals surface area contributed by atoms with E-state index < -0.39 is 0 Å². The molecule has 1 aromatic carbocycles. The molecule has 2 rings (SSSR count). The van der Waals surface area contributed by atoms with E-state index in [2.05, 4.69) is 26.3 Å². The van der Waals surface area contributed by atoms with Crippen LogP contribution in [0.1, 0.15) is 11.1 Å². The molecule has 0 fully saturated rings. The summed E-state index contributed by atoms with van der Waals surface area (Å²) in [7, 11) is 0. The number of nitrogens with zero attached hydrogens (tertiary/aromatic N) is 3. The molecule has 0 saturated carbocycles. The Bertz CT molecular complexity index is 537. The van der Waals surface area contributed by atoms with E-state index >= 15 is 0 Å². The molecule has 0 aliphatic carbocycles. The van der Waals surface area contributed by atoms with E-state index in [1.54, 1.807) is 0 Å². The van der Waals surface area contributed by atoms with Crippen molar-refractivity contribution in [3.05, 3.63) is 39.9 Å². The van der Waals surface area contributed by atoms with Crippen LogP contribution in [0.15, 0.2) is 18.2 Å². The van der Waals surface area contributed by atoms with Crippen LogP contribution in [0.5, 0.6) is 0 Å². The third kappa shape index (κ3) is 3.05. The first-order valence-corrected chi connectivity index (χ1v) is 5.71. The van der Waals surface area contributed by atoms with Crippen molar-refractivity contribution in [2.75, 3.05) is 5.32 Å². The van der Waals surface area contributed by atoms with Gasteiger partial charge in [0.1, 0.15) is 0 Å². The quantitative estimate of drug-likeness (QED) is 0.905. The molecule has 1 aromatic heterocycles. The largest absolute Gasteiger partial charge is 0.324 e. The monoisotopic (exact) mass is 268 g/mol. The second-order valence-corrected chi connectivity index (χ2v) is 4.32. The molecule has 0 spiro atoms. The highest BCUT2D eigenvalue weighted by molar-refractivity contribution is 6.31. The van der Waals surface area contributed by atoms with Crippen molar-refractivity contribution >= 4 is 34.8 Å². The third-order valence-corrected chi connectivity index (χ3v) is 2.55. The smallest absolute Gasteiger partial charge is 0.232 e. The Balaban J connectivity index is 2.31. The van der Waals surface area contributed by atoms with Crippen LogP contribution in [0.4, 0.5) is 11.6 Å². The lowest BCUT2D eigenvalue weighted by Crippen LogP contribution is -2.00. The zero-order valence-corrected chi connectivity index (χ0v) is 10.8. The van der Waals surface area contributed by atoms with Crippen molar-refractivity contribution in [3.63, 3.8) is 0 Å². The lowest BCUT2D eigenvalue weighted by molar-refractivity contribution is 1.05. The van der Waals surface area contributed by atoms with Gasteiger partial charge in [0.25, 0.3) is 0 Å². The fourth-order valence-electron chi connectivity index (χ4n) is 1.46. The van der Waals surface area contributed by atoms with Crippen LogP contribution in [-0.4, -0.2) is 15.0 Å². The highest BCUT2D eigenvalue weighted by Gasteiger charge is 2.05. The number of aromatic nitrogens is 3. The Morgan fingerprint density at radius 3 is 2.24 bits per heavy atom. The average Bonchev–Trinajstić information content (AvgIpc) is 2.21. The van der Waals surface area contributed by atoms with Crippen LogP contribution in [0.25, 0.3) is 0 Å². The van der Waals surface area contributed by atoms with Gasteiger partial charge in [-0.25, -0.2) is 0 Å². The van der Waals surface area contributed by atoms with Crippen LogP contribution >= 0.6 is 23.2 Å². The number of anilines is 2. The Labute approximate surface area is 109 Å². The number of benzene rings is 1. The molecule has 0 amide bonds. The van der Waals surface area contributed by atoms with Crippen LogP contribution in [-0.2, 0) is 0 Å². The first kappa shape index (κ1) is 12.1. The van der Waals surface area contributed by atoms with Crippen molar-refractivity contribution in [3.8, 4) is 0 Å². The van der Waals surface area contributed by atoms with E-state index in [1.807, 2.05) is 26.0 Å². The fraction of sp³-hybridized carbons (Fsp3) is 0.182. The van der Waals surface area contributed by atoms with Crippen molar-refractivity contribution in [1.82, 2.24) is 15.0 Å². The predicted octanol–water partition coefficient (Wildman–Crippen LogP) is 3.54. The summed E-state index contributed by atoms with van der Waals surface area (Å²) in [4.78, 5) is 11.6. The summed E-state index contributed by atoms with van der Waals surface area (Å²) in [6.07, 6.45) is 0. The van der Waals surface area contributed by atoms with Gasteiger partial charge in [0.2, 0.25) is 16.5 Å². The van der Waals surface area contributed by atoms with Gasteiger partial charge in [0.15, 0.2) is 0 Å². The first-order valence-electron chi connectivity index (χ1n) is 4.96. The van der Waals surface area contributed by atoms with Crippen molar-refractivity contribution in [2.24, 2.45) is 0 Å². The second-order valence-electron chi connectivity index (χ2n) is 3.64. The summed E-state index contributed by atoms with van der Waals surface area (Å²) in [6, 6.07) is 6.02. The molecule has 0 aliphatic rings. The van der Waals surface area contributed by atoms with Crippen molar-refractivity contribution in [1.29, 1.82) is 0 Å². The zero-order valence-electron chi connectivity index (χ0n) is 9.33. The summed E-state index contributed by atoms with van der Waals surface area (Å²) in [6.45, 7) is 4.03. The van der Waals surface area contributed by atoms with E-state index in [0.29, 0.717) is 5.95 Å².